The van der Waals surface area contributed by atoms with Gasteiger partial charge in [-0.1, -0.05) is 6.92 Å². The van der Waals surface area contributed by atoms with E-state index < -0.39 is 29.8 Å². The summed E-state index contributed by atoms with van der Waals surface area (Å²) in [6.45, 7) is 3.41. The Balaban J connectivity index is 1.63. The largest absolute Gasteiger partial charge is 0.573 e. The van der Waals surface area contributed by atoms with Gasteiger partial charge in [0.1, 0.15) is 17.4 Å². The Morgan fingerprint density at radius 1 is 1.09 bits per heavy atom. The van der Waals surface area contributed by atoms with Crippen molar-refractivity contribution in [1.82, 2.24) is 9.97 Å². The van der Waals surface area contributed by atoms with Gasteiger partial charge in [0.25, 0.3) is 5.91 Å². The maximum Gasteiger partial charge on any atom is 0.573 e. The molecule has 1 aliphatic rings. The third-order valence-electron chi connectivity index (χ3n) is 5.29. The lowest BCUT2D eigenvalue weighted by molar-refractivity contribution is -0.274. The van der Waals surface area contributed by atoms with Crippen LogP contribution in [0.15, 0.2) is 48.8 Å². The number of benzene rings is 1. The standard InChI is InChI=1S/C23H19F5N4O2/c1-13-6-7-32(12-13)21-19(18-9-15(24)11-29-20(18)25)8-14(10-30-21)22(33)31-16-2-4-17(5-3-16)34-23(26,27)28/h2-5,8-11,13H,6-7,12H2,1H3,(H,31,33)/t13-/m1/s1. The second-order valence-electron chi connectivity index (χ2n) is 7.95. The fourth-order valence-electron chi connectivity index (χ4n) is 3.71. The van der Waals surface area contributed by atoms with Gasteiger partial charge in [0.05, 0.1) is 11.8 Å². The maximum absolute atomic E-state index is 14.5. The summed E-state index contributed by atoms with van der Waals surface area (Å²) >= 11 is 0. The highest BCUT2D eigenvalue weighted by molar-refractivity contribution is 6.05. The molecule has 0 aliphatic carbocycles. The Bertz CT molecular complexity index is 1200. The van der Waals surface area contributed by atoms with Crippen molar-refractivity contribution in [3.8, 4) is 16.9 Å². The van der Waals surface area contributed by atoms with Crippen LogP contribution < -0.4 is 15.0 Å². The highest BCUT2D eigenvalue weighted by Gasteiger charge is 2.31. The minimum absolute atomic E-state index is 0.0466. The highest BCUT2D eigenvalue weighted by Crippen LogP contribution is 2.34. The number of nitrogens with one attached hydrogen (secondary N) is 1. The number of hydrogen-bond acceptors (Lipinski definition) is 5. The Kier molecular flexibility index (Phi) is 6.36. The summed E-state index contributed by atoms with van der Waals surface area (Å²) in [4.78, 5) is 22.5. The first kappa shape index (κ1) is 23.4. The molecule has 0 spiro atoms. The Hall–Kier alpha value is -3.76. The number of ether oxygens (including phenoxy) is 1. The molecule has 1 amide bonds. The molecule has 2 aromatic heterocycles. The van der Waals surface area contributed by atoms with Crippen LogP contribution in [0.1, 0.15) is 23.7 Å². The molecule has 1 atom stereocenters. The second-order valence-corrected chi connectivity index (χ2v) is 7.95. The number of anilines is 2. The molecule has 1 saturated heterocycles. The van der Waals surface area contributed by atoms with E-state index in [9.17, 15) is 26.7 Å². The van der Waals surface area contributed by atoms with Gasteiger partial charge in [0, 0.05) is 36.1 Å². The summed E-state index contributed by atoms with van der Waals surface area (Å²) in [5, 5.41) is 2.54. The van der Waals surface area contributed by atoms with E-state index in [1.807, 2.05) is 4.90 Å². The van der Waals surface area contributed by atoms with E-state index in [2.05, 4.69) is 26.9 Å². The summed E-state index contributed by atoms with van der Waals surface area (Å²) in [6.07, 6.45) is -1.86. The minimum Gasteiger partial charge on any atom is -0.406 e. The van der Waals surface area contributed by atoms with Crippen LogP contribution in [0.4, 0.5) is 33.5 Å². The molecule has 4 rings (SSSR count). The Morgan fingerprint density at radius 3 is 2.47 bits per heavy atom. The molecule has 0 bridgehead atoms. The molecule has 1 N–H and O–H groups in total. The van der Waals surface area contributed by atoms with Crippen LogP contribution in [-0.4, -0.2) is 35.3 Å². The quantitative estimate of drug-likeness (QED) is 0.392. The zero-order valence-electron chi connectivity index (χ0n) is 17.9. The minimum atomic E-state index is -4.83. The van der Waals surface area contributed by atoms with Crippen molar-refractivity contribution in [2.75, 3.05) is 23.3 Å². The molecule has 1 aliphatic heterocycles. The predicted molar refractivity (Wildman–Crippen MR) is 114 cm³/mol. The summed E-state index contributed by atoms with van der Waals surface area (Å²) in [7, 11) is 0. The summed E-state index contributed by atoms with van der Waals surface area (Å²) < 4.78 is 69.1. The van der Waals surface area contributed by atoms with Gasteiger partial charge in [0.2, 0.25) is 5.95 Å². The molecule has 11 heteroatoms. The molecule has 34 heavy (non-hydrogen) atoms. The van der Waals surface area contributed by atoms with Crippen LogP contribution in [0.2, 0.25) is 0 Å². The number of alkyl halides is 3. The van der Waals surface area contributed by atoms with Crippen molar-refractivity contribution in [2.45, 2.75) is 19.7 Å². The summed E-state index contributed by atoms with van der Waals surface area (Å²) in [5.74, 6) is -1.93. The third-order valence-corrected chi connectivity index (χ3v) is 5.29. The highest BCUT2D eigenvalue weighted by atomic mass is 19.4. The first-order valence-electron chi connectivity index (χ1n) is 10.3. The second kappa shape index (κ2) is 9.24. The fraction of sp³-hybridized carbons (Fsp3) is 0.261. The molecule has 0 unspecified atom stereocenters. The number of carbonyl (C=O) groups is 1. The van der Waals surface area contributed by atoms with Gasteiger partial charge in [-0.2, -0.15) is 4.39 Å². The molecule has 178 valence electrons. The van der Waals surface area contributed by atoms with Gasteiger partial charge >= 0.3 is 6.36 Å². The lowest BCUT2D eigenvalue weighted by Gasteiger charge is -2.21. The monoisotopic (exact) mass is 478 g/mol. The number of rotatable bonds is 5. The van der Waals surface area contributed by atoms with Crippen molar-refractivity contribution < 1.29 is 31.5 Å². The van der Waals surface area contributed by atoms with Crippen LogP contribution >= 0.6 is 0 Å². The van der Waals surface area contributed by atoms with E-state index in [0.29, 0.717) is 24.8 Å². The van der Waals surface area contributed by atoms with Crippen molar-refractivity contribution in [3.05, 3.63) is 66.1 Å². The number of aromatic nitrogens is 2. The van der Waals surface area contributed by atoms with E-state index in [-0.39, 0.29) is 22.4 Å². The number of amides is 1. The van der Waals surface area contributed by atoms with Gasteiger partial charge in [-0.25, -0.2) is 14.4 Å². The predicted octanol–water partition coefficient (Wildman–Crippen LogP) is 5.42. The Labute approximate surface area is 191 Å². The first-order valence-corrected chi connectivity index (χ1v) is 10.3. The zero-order valence-corrected chi connectivity index (χ0v) is 17.9. The van der Waals surface area contributed by atoms with E-state index >= 15 is 0 Å². The smallest absolute Gasteiger partial charge is 0.406 e. The van der Waals surface area contributed by atoms with Gasteiger partial charge < -0.3 is 15.0 Å². The maximum atomic E-state index is 14.5. The molecule has 3 heterocycles. The molecule has 3 aromatic rings. The van der Waals surface area contributed by atoms with E-state index in [1.165, 1.54) is 24.4 Å². The molecular formula is C23H19F5N4O2. The SMILES string of the molecule is C[C@@H]1CCN(c2ncc(C(=O)Nc3ccc(OC(F)(F)F)cc3)cc2-c2cc(F)cnc2F)C1. The van der Waals surface area contributed by atoms with Crippen molar-refractivity contribution in [3.63, 3.8) is 0 Å². The van der Waals surface area contributed by atoms with Crippen LogP contribution in [-0.2, 0) is 0 Å². The lowest BCUT2D eigenvalue weighted by Crippen LogP contribution is -2.22. The van der Waals surface area contributed by atoms with Gasteiger partial charge in [0.15, 0.2) is 0 Å². The van der Waals surface area contributed by atoms with Crippen LogP contribution in [0, 0.1) is 17.7 Å². The average molecular weight is 478 g/mol. The summed E-state index contributed by atoms with van der Waals surface area (Å²) in [5.41, 5.74) is 0.327. The van der Waals surface area contributed by atoms with E-state index in [1.54, 1.807) is 0 Å². The number of hydrogen-bond donors (Lipinski definition) is 1. The van der Waals surface area contributed by atoms with E-state index in [0.717, 1.165) is 30.8 Å². The topological polar surface area (TPSA) is 67.4 Å². The van der Waals surface area contributed by atoms with Crippen LogP contribution in [0.25, 0.3) is 11.1 Å². The van der Waals surface area contributed by atoms with Gasteiger partial charge in [-0.3, -0.25) is 4.79 Å². The fourth-order valence-corrected chi connectivity index (χ4v) is 3.71. The van der Waals surface area contributed by atoms with Crippen molar-refractivity contribution in [2.24, 2.45) is 5.92 Å². The van der Waals surface area contributed by atoms with Gasteiger partial charge in [-0.05, 0) is 48.7 Å². The number of halogens is 5. The molecule has 6 nitrogen and oxygen atoms in total. The lowest BCUT2D eigenvalue weighted by atomic mass is 10.0. The third kappa shape index (κ3) is 5.41. The number of carbonyl (C=O) groups excluding carboxylic acids is 1. The first-order chi connectivity index (χ1) is 16.1. The number of pyridine rings is 2. The molecule has 1 aromatic carbocycles. The van der Waals surface area contributed by atoms with E-state index in [4.69, 9.17) is 0 Å². The molecular weight excluding hydrogens is 459 g/mol. The Morgan fingerprint density at radius 2 is 1.82 bits per heavy atom. The van der Waals surface area contributed by atoms with Crippen molar-refractivity contribution >= 4 is 17.4 Å². The van der Waals surface area contributed by atoms with Crippen LogP contribution in [0.5, 0.6) is 5.75 Å². The van der Waals surface area contributed by atoms with Gasteiger partial charge in [-0.15, -0.1) is 13.2 Å². The van der Waals surface area contributed by atoms with Crippen molar-refractivity contribution in [1.29, 1.82) is 0 Å². The number of nitrogens with zero attached hydrogens (tertiary/aromatic N) is 3. The molecule has 0 radical (unpaired) electrons. The zero-order chi connectivity index (χ0) is 24.5. The normalized spacial score (nSPS) is 15.9. The summed E-state index contributed by atoms with van der Waals surface area (Å²) in [6, 6.07) is 6.97. The molecule has 0 saturated carbocycles. The molecule has 1 fully saturated rings. The van der Waals surface area contributed by atoms with Crippen LogP contribution in [0.3, 0.4) is 0 Å². The average Bonchev–Trinajstić information content (AvgIpc) is 3.21.